The quantitative estimate of drug-likeness (QED) is 0.557. The maximum atomic E-state index is 5.88. The topological polar surface area (TPSA) is 47.3 Å². The summed E-state index contributed by atoms with van der Waals surface area (Å²) in [5.74, 6) is 5.70. The molecule has 3 N–H and O–H groups in total. The van der Waals surface area contributed by atoms with Gasteiger partial charge in [0.25, 0.3) is 0 Å². The first-order valence-corrected chi connectivity index (χ1v) is 6.69. The van der Waals surface area contributed by atoms with Crippen molar-refractivity contribution in [2.75, 3.05) is 6.61 Å². The van der Waals surface area contributed by atoms with Crippen LogP contribution in [-0.2, 0) is 4.74 Å². The van der Waals surface area contributed by atoms with E-state index in [0.717, 1.165) is 19.4 Å². The van der Waals surface area contributed by atoms with E-state index in [4.69, 9.17) is 10.6 Å². The third kappa shape index (κ3) is 7.02. The van der Waals surface area contributed by atoms with Gasteiger partial charge in [0.15, 0.2) is 0 Å². The van der Waals surface area contributed by atoms with E-state index in [-0.39, 0.29) is 17.6 Å². The Labute approximate surface area is 107 Å². The van der Waals surface area contributed by atoms with E-state index in [0.29, 0.717) is 5.41 Å². The molecule has 0 aromatic rings. The third-order valence-corrected chi connectivity index (χ3v) is 2.98. The first kappa shape index (κ1) is 16.9. The van der Waals surface area contributed by atoms with Crippen LogP contribution in [0.1, 0.15) is 61.3 Å². The van der Waals surface area contributed by atoms with Crippen LogP contribution in [-0.4, -0.2) is 18.8 Å². The molecule has 2 unspecified atom stereocenters. The molecule has 2 atom stereocenters. The number of hydrogen-bond acceptors (Lipinski definition) is 3. The summed E-state index contributed by atoms with van der Waals surface area (Å²) in [5.41, 5.74) is 3.38. The fraction of sp³-hybridized carbons (Fsp3) is 1.00. The van der Waals surface area contributed by atoms with Crippen LogP contribution in [0.4, 0.5) is 0 Å². The van der Waals surface area contributed by atoms with Gasteiger partial charge in [0.1, 0.15) is 0 Å². The molecule has 0 aliphatic rings. The number of hydrogen-bond donors (Lipinski definition) is 2. The highest BCUT2D eigenvalue weighted by Crippen LogP contribution is 2.29. The Hall–Kier alpha value is -0.120. The Bertz CT molecular complexity index is 203. The Balaban J connectivity index is 4.57. The predicted molar refractivity (Wildman–Crippen MR) is 74.7 cm³/mol. The largest absolute Gasteiger partial charge is 0.376 e. The van der Waals surface area contributed by atoms with Gasteiger partial charge in [-0.05, 0) is 30.6 Å². The molecule has 104 valence electrons. The van der Waals surface area contributed by atoms with Crippen LogP contribution in [0, 0.1) is 10.8 Å². The van der Waals surface area contributed by atoms with Gasteiger partial charge >= 0.3 is 0 Å². The molecular formula is C14H32N2O. The summed E-state index contributed by atoms with van der Waals surface area (Å²) in [6.07, 6.45) is 2.34. The molecule has 0 aromatic heterocycles. The minimum Gasteiger partial charge on any atom is -0.376 e. The molecule has 17 heavy (non-hydrogen) atoms. The lowest BCUT2D eigenvalue weighted by Gasteiger charge is -2.37. The molecule has 0 bridgehead atoms. The summed E-state index contributed by atoms with van der Waals surface area (Å²) in [7, 11) is 0. The Morgan fingerprint density at radius 2 is 1.65 bits per heavy atom. The zero-order valence-electron chi connectivity index (χ0n) is 12.8. The normalized spacial score (nSPS) is 16.9. The lowest BCUT2D eigenvalue weighted by atomic mass is 9.80. The van der Waals surface area contributed by atoms with Gasteiger partial charge in [0, 0.05) is 12.6 Å². The van der Waals surface area contributed by atoms with Gasteiger partial charge in [-0.1, -0.05) is 41.5 Å². The summed E-state index contributed by atoms with van der Waals surface area (Å²) in [4.78, 5) is 0. The summed E-state index contributed by atoms with van der Waals surface area (Å²) < 4.78 is 5.88. The standard InChI is InChI=1S/C14H32N2O/c1-8-17-12(14(5,6)7)11(16-15)9-10-13(2,3)4/h11-12,16H,8-10,15H2,1-7H3. The van der Waals surface area contributed by atoms with Crippen molar-refractivity contribution in [1.29, 1.82) is 0 Å². The van der Waals surface area contributed by atoms with Crippen LogP contribution in [0.15, 0.2) is 0 Å². The van der Waals surface area contributed by atoms with Gasteiger partial charge in [-0.2, -0.15) is 0 Å². The zero-order chi connectivity index (χ0) is 13.7. The highest BCUT2D eigenvalue weighted by Gasteiger charge is 2.32. The van der Waals surface area contributed by atoms with E-state index in [1.165, 1.54) is 0 Å². The van der Waals surface area contributed by atoms with Crippen LogP contribution in [0.25, 0.3) is 0 Å². The smallest absolute Gasteiger partial charge is 0.0789 e. The lowest BCUT2D eigenvalue weighted by Crippen LogP contribution is -2.51. The summed E-state index contributed by atoms with van der Waals surface area (Å²) >= 11 is 0. The van der Waals surface area contributed by atoms with E-state index in [2.05, 4.69) is 47.0 Å². The Morgan fingerprint density at radius 1 is 1.12 bits per heavy atom. The highest BCUT2D eigenvalue weighted by molar-refractivity contribution is 4.86. The van der Waals surface area contributed by atoms with E-state index in [1.807, 2.05) is 6.92 Å². The number of nitrogens with two attached hydrogens (primary N) is 1. The van der Waals surface area contributed by atoms with Crippen molar-refractivity contribution in [2.45, 2.75) is 73.5 Å². The fourth-order valence-corrected chi connectivity index (χ4v) is 2.06. The van der Waals surface area contributed by atoms with Crippen LogP contribution < -0.4 is 11.3 Å². The molecule has 0 spiro atoms. The molecule has 0 heterocycles. The van der Waals surface area contributed by atoms with Crippen molar-refractivity contribution in [3.8, 4) is 0 Å². The Kier molecular flexibility index (Phi) is 6.67. The van der Waals surface area contributed by atoms with Crippen LogP contribution in [0.5, 0.6) is 0 Å². The van der Waals surface area contributed by atoms with Crippen molar-refractivity contribution < 1.29 is 4.74 Å². The van der Waals surface area contributed by atoms with Crippen molar-refractivity contribution in [3.05, 3.63) is 0 Å². The molecule has 0 radical (unpaired) electrons. The molecular weight excluding hydrogens is 212 g/mol. The maximum Gasteiger partial charge on any atom is 0.0789 e. The lowest BCUT2D eigenvalue weighted by molar-refractivity contribution is -0.0392. The molecule has 0 amide bonds. The van der Waals surface area contributed by atoms with Crippen LogP contribution in [0.3, 0.4) is 0 Å². The van der Waals surface area contributed by atoms with Crippen molar-refractivity contribution in [1.82, 2.24) is 5.43 Å². The summed E-state index contributed by atoms with van der Waals surface area (Å²) in [6, 6.07) is 0.217. The SMILES string of the molecule is CCOC(C(CCC(C)(C)C)NN)C(C)(C)C. The summed E-state index contributed by atoms with van der Waals surface area (Å²) in [5, 5.41) is 0. The highest BCUT2D eigenvalue weighted by atomic mass is 16.5. The van der Waals surface area contributed by atoms with Gasteiger partial charge in [0.2, 0.25) is 0 Å². The predicted octanol–water partition coefficient (Wildman–Crippen LogP) is 3.10. The molecule has 0 fully saturated rings. The maximum absolute atomic E-state index is 5.88. The van der Waals surface area contributed by atoms with Crippen LogP contribution in [0.2, 0.25) is 0 Å². The molecule has 0 aromatic carbocycles. The minimum atomic E-state index is 0.102. The molecule has 3 heteroatoms. The van der Waals surface area contributed by atoms with E-state index < -0.39 is 0 Å². The average molecular weight is 244 g/mol. The second kappa shape index (κ2) is 6.72. The first-order valence-electron chi connectivity index (χ1n) is 6.69. The number of rotatable bonds is 6. The van der Waals surface area contributed by atoms with Crippen LogP contribution >= 0.6 is 0 Å². The Morgan fingerprint density at radius 3 is 1.94 bits per heavy atom. The molecule has 0 aliphatic carbocycles. The third-order valence-electron chi connectivity index (χ3n) is 2.98. The molecule has 3 nitrogen and oxygen atoms in total. The van der Waals surface area contributed by atoms with Gasteiger partial charge in [-0.3, -0.25) is 11.3 Å². The van der Waals surface area contributed by atoms with Gasteiger partial charge in [-0.25, -0.2) is 0 Å². The van der Waals surface area contributed by atoms with E-state index in [1.54, 1.807) is 0 Å². The molecule has 0 rings (SSSR count). The minimum absolute atomic E-state index is 0.102. The van der Waals surface area contributed by atoms with Gasteiger partial charge < -0.3 is 4.74 Å². The van der Waals surface area contributed by atoms with Gasteiger partial charge in [-0.15, -0.1) is 0 Å². The first-order chi connectivity index (χ1) is 7.61. The number of hydrazine groups is 1. The van der Waals surface area contributed by atoms with Crippen molar-refractivity contribution in [3.63, 3.8) is 0 Å². The van der Waals surface area contributed by atoms with Crippen molar-refractivity contribution in [2.24, 2.45) is 16.7 Å². The van der Waals surface area contributed by atoms with Gasteiger partial charge in [0.05, 0.1) is 6.10 Å². The average Bonchev–Trinajstić information content (AvgIpc) is 2.13. The molecule has 0 aliphatic heterocycles. The zero-order valence-corrected chi connectivity index (χ0v) is 12.8. The number of nitrogens with one attached hydrogen (secondary N) is 1. The second-order valence-corrected chi connectivity index (χ2v) is 7.11. The molecule has 0 saturated heterocycles. The second-order valence-electron chi connectivity index (χ2n) is 7.11. The summed E-state index contributed by atoms with van der Waals surface area (Å²) in [6.45, 7) is 16.2. The van der Waals surface area contributed by atoms with Crippen molar-refractivity contribution >= 4 is 0 Å². The van der Waals surface area contributed by atoms with E-state index >= 15 is 0 Å². The monoisotopic (exact) mass is 244 g/mol. The van der Waals surface area contributed by atoms with E-state index in [9.17, 15) is 0 Å². The molecule has 0 saturated carbocycles. The fourth-order valence-electron chi connectivity index (χ4n) is 2.06. The number of ether oxygens (including phenoxy) is 1.